The molecule has 6 heteroatoms. The lowest BCUT2D eigenvalue weighted by Crippen LogP contribution is -2.11. The molecule has 0 radical (unpaired) electrons. The summed E-state index contributed by atoms with van der Waals surface area (Å²) in [7, 11) is 1.83. The summed E-state index contributed by atoms with van der Waals surface area (Å²) in [6, 6.07) is 6.00. The first-order chi connectivity index (χ1) is 9.47. The lowest BCUT2D eigenvalue weighted by Gasteiger charge is -2.07. The summed E-state index contributed by atoms with van der Waals surface area (Å²) in [6.07, 6.45) is 3.50. The maximum atomic E-state index is 11.9. The van der Waals surface area contributed by atoms with Gasteiger partial charge in [-0.3, -0.25) is 14.9 Å². The number of nitrogens with zero attached hydrogens (tertiary/aromatic N) is 2. The number of hydrogen-bond donors (Lipinski definition) is 0. The number of carbonyl (C=O) groups is 1. The summed E-state index contributed by atoms with van der Waals surface area (Å²) < 4.78 is 7.20. The molecule has 1 aromatic heterocycles. The molecule has 1 heterocycles. The number of ketones is 1. The molecule has 0 bridgehead atoms. The molecule has 2 aromatic rings. The van der Waals surface area contributed by atoms with Gasteiger partial charge >= 0.3 is 0 Å². The van der Waals surface area contributed by atoms with Crippen LogP contribution in [0, 0.1) is 17.0 Å². The average molecular weight is 274 g/mol. The first-order valence-corrected chi connectivity index (χ1v) is 6.00. The zero-order chi connectivity index (χ0) is 14.7. The lowest BCUT2D eigenvalue weighted by atomic mass is 10.2. The van der Waals surface area contributed by atoms with E-state index >= 15 is 0 Å². The summed E-state index contributed by atoms with van der Waals surface area (Å²) in [5.41, 5.74) is 1.20. The van der Waals surface area contributed by atoms with Crippen molar-refractivity contribution in [2.75, 3.05) is 6.61 Å². The molecule has 0 atom stereocenters. The fourth-order valence-electron chi connectivity index (χ4n) is 1.80. The molecule has 0 aliphatic heterocycles. The van der Waals surface area contributed by atoms with Crippen LogP contribution in [-0.4, -0.2) is 21.9 Å². The quantitative estimate of drug-likeness (QED) is 0.477. The van der Waals surface area contributed by atoms with Crippen LogP contribution in [0.25, 0.3) is 0 Å². The first-order valence-electron chi connectivity index (χ1n) is 6.00. The van der Waals surface area contributed by atoms with E-state index in [1.807, 2.05) is 7.05 Å². The van der Waals surface area contributed by atoms with Crippen molar-refractivity contribution in [2.45, 2.75) is 6.92 Å². The summed E-state index contributed by atoms with van der Waals surface area (Å²) >= 11 is 0. The minimum absolute atomic E-state index is 0.00392. The molecule has 104 valence electrons. The van der Waals surface area contributed by atoms with E-state index in [1.54, 1.807) is 30.0 Å². The zero-order valence-corrected chi connectivity index (χ0v) is 11.2. The Morgan fingerprint density at radius 2 is 2.15 bits per heavy atom. The highest BCUT2D eigenvalue weighted by Crippen LogP contribution is 2.23. The Kier molecular flexibility index (Phi) is 3.84. The molecule has 0 spiro atoms. The van der Waals surface area contributed by atoms with Crippen LogP contribution in [0.3, 0.4) is 0 Å². The van der Waals surface area contributed by atoms with Gasteiger partial charge in [0.15, 0.2) is 6.61 Å². The van der Waals surface area contributed by atoms with Crippen LogP contribution in [0.2, 0.25) is 0 Å². The van der Waals surface area contributed by atoms with Crippen LogP contribution in [-0.2, 0) is 7.05 Å². The molecule has 6 nitrogen and oxygen atoms in total. The number of nitro benzene ring substituents is 1. The summed E-state index contributed by atoms with van der Waals surface area (Å²) in [6.45, 7) is 1.61. The standard InChI is InChI=1S/C14H14N2O4/c1-10-7-12(16(18)19)3-4-14(10)20-9-13(17)11-5-6-15(2)8-11/h3-8H,9H2,1-2H3. The third-order valence-electron chi connectivity index (χ3n) is 2.88. The van der Waals surface area contributed by atoms with Crippen LogP contribution in [0.15, 0.2) is 36.7 Å². The van der Waals surface area contributed by atoms with Crippen molar-refractivity contribution in [2.24, 2.45) is 7.05 Å². The Bertz CT molecular complexity index is 661. The molecule has 0 unspecified atom stereocenters. The van der Waals surface area contributed by atoms with Crippen molar-refractivity contribution >= 4 is 11.5 Å². The number of nitro groups is 1. The smallest absolute Gasteiger partial charge is 0.269 e. The molecule has 0 fully saturated rings. The number of aromatic nitrogens is 1. The minimum atomic E-state index is -0.466. The third-order valence-corrected chi connectivity index (χ3v) is 2.88. The third kappa shape index (κ3) is 3.03. The molecule has 0 saturated heterocycles. The largest absolute Gasteiger partial charge is 0.485 e. The topological polar surface area (TPSA) is 74.4 Å². The number of Topliss-reactive ketones (excluding diaryl/α,β-unsaturated/α-hetero) is 1. The number of rotatable bonds is 5. The van der Waals surface area contributed by atoms with Gasteiger partial charge in [-0.25, -0.2) is 0 Å². The molecule has 0 aliphatic rings. The molecule has 0 N–H and O–H groups in total. The predicted molar refractivity (Wildman–Crippen MR) is 73.1 cm³/mol. The van der Waals surface area contributed by atoms with E-state index in [0.29, 0.717) is 16.9 Å². The van der Waals surface area contributed by atoms with Crippen LogP contribution < -0.4 is 4.74 Å². The monoisotopic (exact) mass is 274 g/mol. The van der Waals surface area contributed by atoms with Crippen molar-refractivity contribution in [1.82, 2.24) is 4.57 Å². The number of carbonyl (C=O) groups excluding carboxylic acids is 1. The predicted octanol–water partition coefficient (Wildman–Crippen LogP) is 2.50. The van der Waals surface area contributed by atoms with Gasteiger partial charge in [0.1, 0.15) is 5.75 Å². The van der Waals surface area contributed by atoms with Crippen LogP contribution in [0.5, 0.6) is 5.75 Å². The molecule has 0 saturated carbocycles. The molecular formula is C14H14N2O4. The Morgan fingerprint density at radius 1 is 1.40 bits per heavy atom. The Balaban J connectivity index is 2.04. The number of ether oxygens (including phenoxy) is 1. The SMILES string of the molecule is Cc1cc([N+](=O)[O-])ccc1OCC(=O)c1ccn(C)c1. The van der Waals surface area contributed by atoms with Crippen molar-refractivity contribution in [3.63, 3.8) is 0 Å². The molecule has 1 aromatic carbocycles. The van der Waals surface area contributed by atoms with E-state index in [2.05, 4.69) is 0 Å². The lowest BCUT2D eigenvalue weighted by molar-refractivity contribution is -0.384. The second-order valence-corrected chi connectivity index (χ2v) is 4.48. The highest BCUT2D eigenvalue weighted by atomic mass is 16.6. The molecule has 20 heavy (non-hydrogen) atoms. The Hall–Kier alpha value is -2.63. The van der Waals surface area contributed by atoms with E-state index in [1.165, 1.54) is 18.2 Å². The minimum Gasteiger partial charge on any atom is -0.485 e. The van der Waals surface area contributed by atoms with Crippen LogP contribution in [0.4, 0.5) is 5.69 Å². The number of benzene rings is 1. The fraction of sp³-hybridized carbons (Fsp3) is 0.214. The highest BCUT2D eigenvalue weighted by Gasteiger charge is 2.11. The zero-order valence-electron chi connectivity index (χ0n) is 11.2. The number of hydrogen-bond acceptors (Lipinski definition) is 4. The van der Waals surface area contributed by atoms with Crippen LogP contribution in [0.1, 0.15) is 15.9 Å². The summed E-state index contributed by atoms with van der Waals surface area (Å²) in [4.78, 5) is 22.0. The van der Waals surface area contributed by atoms with Gasteiger partial charge < -0.3 is 9.30 Å². The van der Waals surface area contributed by atoms with Crippen molar-refractivity contribution in [3.05, 3.63) is 57.9 Å². The van der Waals surface area contributed by atoms with Gasteiger partial charge in [0, 0.05) is 37.1 Å². The highest BCUT2D eigenvalue weighted by molar-refractivity contribution is 5.97. The summed E-state index contributed by atoms with van der Waals surface area (Å²) in [5, 5.41) is 10.6. The van der Waals surface area contributed by atoms with Crippen molar-refractivity contribution in [3.8, 4) is 5.75 Å². The van der Waals surface area contributed by atoms with E-state index in [-0.39, 0.29) is 18.1 Å². The fourth-order valence-corrected chi connectivity index (χ4v) is 1.80. The van der Waals surface area contributed by atoms with Gasteiger partial charge in [-0.2, -0.15) is 0 Å². The normalized spacial score (nSPS) is 10.3. The van der Waals surface area contributed by atoms with E-state index in [9.17, 15) is 14.9 Å². The molecule has 2 rings (SSSR count). The second-order valence-electron chi connectivity index (χ2n) is 4.48. The van der Waals surface area contributed by atoms with E-state index in [0.717, 1.165) is 0 Å². The van der Waals surface area contributed by atoms with Crippen molar-refractivity contribution in [1.29, 1.82) is 0 Å². The van der Waals surface area contributed by atoms with Gasteiger partial charge in [0.25, 0.3) is 5.69 Å². The Labute approximate surface area is 115 Å². The average Bonchev–Trinajstić information content (AvgIpc) is 2.83. The van der Waals surface area contributed by atoms with Gasteiger partial charge in [-0.15, -0.1) is 0 Å². The van der Waals surface area contributed by atoms with Gasteiger partial charge in [0.05, 0.1) is 4.92 Å². The first kappa shape index (κ1) is 13.8. The van der Waals surface area contributed by atoms with Crippen LogP contribution >= 0.6 is 0 Å². The maximum absolute atomic E-state index is 11.9. The molecule has 0 aliphatic carbocycles. The molecule has 0 amide bonds. The van der Waals surface area contributed by atoms with E-state index in [4.69, 9.17) is 4.74 Å². The van der Waals surface area contributed by atoms with Gasteiger partial charge in [-0.05, 0) is 24.6 Å². The van der Waals surface area contributed by atoms with Gasteiger partial charge in [-0.1, -0.05) is 0 Å². The second kappa shape index (κ2) is 5.56. The van der Waals surface area contributed by atoms with E-state index < -0.39 is 4.92 Å². The van der Waals surface area contributed by atoms with Crippen molar-refractivity contribution < 1.29 is 14.5 Å². The Morgan fingerprint density at radius 3 is 2.70 bits per heavy atom. The number of aryl methyl sites for hydroxylation is 2. The molecular weight excluding hydrogens is 260 g/mol. The maximum Gasteiger partial charge on any atom is 0.269 e. The van der Waals surface area contributed by atoms with Gasteiger partial charge in [0.2, 0.25) is 5.78 Å². The summed E-state index contributed by atoms with van der Waals surface area (Å²) in [5.74, 6) is 0.336. The number of non-ortho nitro benzene ring substituents is 1.